The Bertz CT molecular complexity index is 1030. The minimum atomic E-state index is -4.33. The minimum absolute atomic E-state index is 0.240. The van der Waals surface area contributed by atoms with Crippen molar-refractivity contribution in [3.63, 3.8) is 0 Å². The normalized spacial score (nSPS) is 11.4. The third-order valence-electron chi connectivity index (χ3n) is 3.31. The first-order valence-corrected chi connectivity index (χ1v) is 9.15. The number of rotatable bonds is 6. The van der Waals surface area contributed by atoms with E-state index in [2.05, 4.69) is 10.6 Å². The summed E-state index contributed by atoms with van der Waals surface area (Å²) in [5, 5.41) is 14.9. The maximum atomic E-state index is 12.2. The Morgan fingerprint density at radius 1 is 1.26 bits per heavy atom. The third-order valence-corrected chi connectivity index (χ3v) is 4.41. The lowest BCUT2D eigenvalue weighted by Crippen LogP contribution is -2.14. The van der Waals surface area contributed by atoms with E-state index in [0.717, 1.165) is 12.1 Å². The monoisotopic (exact) mass is 407 g/mol. The molecule has 27 heavy (non-hydrogen) atoms. The second-order valence-electron chi connectivity index (χ2n) is 5.11. The van der Waals surface area contributed by atoms with Crippen LogP contribution in [0.1, 0.15) is 0 Å². The molecule has 2 rings (SSSR count). The van der Waals surface area contributed by atoms with E-state index >= 15 is 0 Å². The first-order chi connectivity index (χ1) is 12.7. The average molecular weight is 408 g/mol. The topological polar surface area (TPSA) is 129 Å². The van der Waals surface area contributed by atoms with Gasteiger partial charge in [-0.2, -0.15) is 13.7 Å². The summed E-state index contributed by atoms with van der Waals surface area (Å²) in [6.07, 6.45) is 1.19. The molecule has 0 spiro atoms. The van der Waals surface area contributed by atoms with Crippen molar-refractivity contribution in [3.05, 3.63) is 59.3 Å². The van der Waals surface area contributed by atoms with Crippen molar-refractivity contribution in [2.75, 3.05) is 17.7 Å². The van der Waals surface area contributed by atoms with E-state index in [-0.39, 0.29) is 16.2 Å². The van der Waals surface area contributed by atoms with Gasteiger partial charge in [0.2, 0.25) is 0 Å². The van der Waals surface area contributed by atoms with Crippen LogP contribution in [0.5, 0.6) is 5.75 Å². The molecule has 0 aliphatic rings. The minimum Gasteiger partial charge on any atom is -0.495 e. The maximum absolute atomic E-state index is 12.2. The van der Waals surface area contributed by atoms with Crippen LogP contribution in [0.4, 0.5) is 11.4 Å². The molecule has 0 saturated carbocycles. The Hall–Kier alpha value is -3.06. The number of hydrogen-bond donors (Lipinski definition) is 3. The fourth-order valence-electron chi connectivity index (χ4n) is 2.00. The van der Waals surface area contributed by atoms with Crippen LogP contribution >= 0.6 is 11.6 Å². The van der Waals surface area contributed by atoms with Crippen molar-refractivity contribution in [2.45, 2.75) is 4.90 Å². The van der Waals surface area contributed by atoms with Gasteiger partial charge in [-0.05, 0) is 42.5 Å². The molecule has 8 nitrogen and oxygen atoms in total. The van der Waals surface area contributed by atoms with Gasteiger partial charge in [-0.25, -0.2) is 0 Å². The molecular formula is C17H14ClN3O5S. The zero-order valence-corrected chi connectivity index (χ0v) is 15.5. The second kappa shape index (κ2) is 8.55. The van der Waals surface area contributed by atoms with Crippen LogP contribution in [0.25, 0.3) is 0 Å². The van der Waals surface area contributed by atoms with E-state index in [4.69, 9.17) is 20.9 Å². The van der Waals surface area contributed by atoms with Crippen molar-refractivity contribution >= 4 is 39.0 Å². The van der Waals surface area contributed by atoms with E-state index < -0.39 is 16.0 Å². The number of ether oxygens (including phenoxy) is 1. The van der Waals surface area contributed by atoms with Gasteiger partial charge in [0.15, 0.2) is 0 Å². The van der Waals surface area contributed by atoms with E-state index in [1.165, 1.54) is 25.4 Å². The number of methoxy groups -OCH3 is 1. The number of nitriles is 1. The number of carbonyl (C=O) groups excluding carboxylic acids is 1. The summed E-state index contributed by atoms with van der Waals surface area (Å²) in [6, 6.07) is 11.4. The highest BCUT2D eigenvalue weighted by atomic mass is 35.5. The van der Waals surface area contributed by atoms with Gasteiger partial charge in [0.25, 0.3) is 16.0 Å². The van der Waals surface area contributed by atoms with Gasteiger partial charge in [0.05, 0.1) is 17.7 Å². The highest BCUT2D eigenvalue weighted by molar-refractivity contribution is 7.85. The lowest BCUT2D eigenvalue weighted by Gasteiger charge is -2.09. The Kier molecular flexibility index (Phi) is 6.41. The van der Waals surface area contributed by atoms with Gasteiger partial charge >= 0.3 is 0 Å². The summed E-state index contributed by atoms with van der Waals surface area (Å²) >= 11 is 5.92. The molecule has 0 aromatic heterocycles. The van der Waals surface area contributed by atoms with Crippen LogP contribution in [0.2, 0.25) is 5.02 Å². The summed E-state index contributed by atoms with van der Waals surface area (Å²) < 4.78 is 36.1. The zero-order chi connectivity index (χ0) is 20.0. The molecule has 2 aromatic rings. The van der Waals surface area contributed by atoms with Crippen LogP contribution in [-0.2, 0) is 14.9 Å². The van der Waals surface area contributed by atoms with Gasteiger partial charge < -0.3 is 15.4 Å². The fraction of sp³-hybridized carbons (Fsp3) is 0.0588. The fourth-order valence-corrected chi connectivity index (χ4v) is 2.65. The summed E-state index contributed by atoms with van der Waals surface area (Å²) in [5.41, 5.74) is 0.466. The predicted octanol–water partition coefficient (Wildman–Crippen LogP) is 3.05. The van der Waals surface area contributed by atoms with Crippen molar-refractivity contribution in [2.24, 2.45) is 0 Å². The molecule has 0 heterocycles. The molecule has 0 saturated heterocycles. The SMILES string of the molecule is COc1ccc(Cl)cc1N/C=C(/C#N)C(=O)Nc1ccc(S(=O)(=O)O)cc1. The highest BCUT2D eigenvalue weighted by Gasteiger charge is 2.12. The van der Waals surface area contributed by atoms with Crippen LogP contribution in [-0.4, -0.2) is 26.0 Å². The Morgan fingerprint density at radius 3 is 2.48 bits per heavy atom. The standard InChI is InChI=1S/C17H14ClN3O5S/c1-26-16-7-2-12(18)8-15(16)20-10-11(9-19)17(22)21-13-3-5-14(6-4-13)27(23,24)25/h2-8,10,20H,1H3,(H,21,22)(H,23,24,25)/b11-10-. The Labute approximate surface area is 160 Å². The van der Waals surface area contributed by atoms with Gasteiger partial charge in [-0.15, -0.1) is 0 Å². The number of carbonyl (C=O) groups is 1. The maximum Gasteiger partial charge on any atom is 0.294 e. The third kappa shape index (κ3) is 5.46. The van der Waals surface area contributed by atoms with Crippen molar-refractivity contribution in [1.29, 1.82) is 5.26 Å². The van der Waals surface area contributed by atoms with Crippen LogP contribution in [0.3, 0.4) is 0 Å². The molecule has 10 heteroatoms. The van der Waals surface area contributed by atoms with E-state index in [1.807, 2.05) is 0 Å². The number of anilines is 2. The highest BCUT2D eigenvalue weighted by Crippen LogP contribution is 2.27. The molecular weight excluding hydrogens is 394 g/mol. The molecule has 2 aromatic carbocycles. The number of amides is 1. The van der Waals surface area contributed by atoms with Gasteiger partial charge in [-0.1, -0.05) is 11.6 Å². The molecule has 0 aliphatic heterocycles. The molecule has 0 aliphatic carbocycles. The number of hydrogen-bond acceptors (Lipinski definition) is 6. The lowest BCUT2D eigenvalue weighted by molar-refractivity contribution is -0.112. The van der Waals surface area contributed by atoms with Gasteiger partial charge in [-0.3, -0.25) is 9.35 Å². The van der Waals surface area contributed by atoms with Crippen LogP contribution in [0, 0.1) is 11.3 Å². The smallest absolute Gasteiger partial charge is 0.294 e. The quantitative estimate of drug-likeness (QED) is 0.381. The molecule has 1 amide bonds. The Balaban J connectivity index is 2.15. The molecule has 0 fully saturated rings. The number of halogens is 1. The van der Waals surface area contributed by atoms with Crippen molar-refractivity contribution in [3.8, 4) is 11.8 Å². The van der Waals surface area contributed by atoms with Crippen molar-refractivity contribution < 1.29 is 22.5 Å². The molecule has 0 radical (unpaired) electrons. The lowest BCUT2D eigenvalue weighted by atomic mass is 10.2. The van der Waals surface area contributed by atoms with E-state index in [9.17, 15) is 18.5 Å². The summed E-state index contributed by atoms with van der Waals surface area (Å²) in [5.74, 6) is -0.250. The summed E-state index contributed by atoms with van der Waals surface area (Å²) in [4.78, 5) is 11.9. The molecule has 0 atom stereocenters. The molecule has 140 valence electrons. The first kappa shape index (κ1) is 20.3. The largest absolute Gasteiger partial charge is 0.495 e. The van der Waals surface area contributed by atoms with Crippen molar-refractivity contribution in [1.82, 2.24) is 0 Å². The van der Waals surface area contributed by atoms with Crippen LogP contribution in [0.15, 0.2) is 59.1 Å². The van der Waals surface area contributed by atoms with E-state index in [1.54, 1.807) is 24.3 Å². The predicted molar refractivity (Wildman–Crippen MR) is 100 cm³/mol. The number of benzene rings is 2. The van der Waals surface area contributed by atoms with Crippen LogP contribution < -0.4 is 15.4 Å². The van der Waals surface area contributed by atoms with E-state index in [0.29, 0.717) is 16.5 Å². The molecule has 0 bridgehead atoms. The van der Waals surface area contributed by atoms with Gasteiger partial charge in [0, 0.05) is 16.9 Å². The summed E-state index contributed by atoms with van der Waals surface area (Å²) in [6.45, 7) is 0. The van der Waals surface area contributed by atoms with Gasteiger partial charge in [0.1, 0.15) is 17.4 Å². The average Bonchev–Trinajstić information content (AvgIpc) is 2.62. The number of nitrogens with one attached hydrogen (secondary N) is 2. The zero-order valence-electron chi connectivity index (χ0n) is 13.9. The molecule has 0 unspecified atom stereocenters. The second-order valence-corrected chi connectivity index (χ2v) is 6.97. The Morgan fingerprint density at radius 2 is 1.93 bits per heavy atom. The first-order valence-electron chi connectivity index (χ1n) is 7.34. The molecule has 3 N–H and O–H groups in total. The summed E-state index contributed by atoms with van der Waals surface area (Å²) in [7, 11) is -2.86. The number of nitrogens with zero attached hydrogens (tertiary/aromatic N) is 1.